The molecule has 0 bridgehead atoms. The largest absolute Gasteiger partial charge is 0.338 e. The molecular formula is C19H22N4O3. The Morgan fingerprint density at radius 1 is 1.38 bits per heavy atom. The third-order valence-electron chi connectivity index (χ3n) is 5.26. The Morgan fingerprint density at radius 2 is 2.15 bits per heavy atom. The van der Waals surface area contributed by atoms with Crippen LogP contribution < -0.4 is 5.32 Å². The number of urea groups is 1. The van der Waals surface area contributed by atoms with Gasteiger partial charge in [-0.25, -0.2) is 4.79 Å². The standard InChI is InChI=1S/C19H22N4O3/c1-13-6-3-4-9-22(13)16(24)12-23-17(25)19(2,21-18(23)26)15-8-5-7-14(10-15)11-20/h5,7-8,10,13H,3-4,6,9,12H2,1-2H3,(H,21,26)/t13-,19+/m0/s1. The average molecular weight is 354 g/mol. The molecule has 2 heterocycles. The van der Waals surface area contributed by atoms with Gasteiger partial charge in [-0.05, 0) is 50.8 Å². The summed E-state index contributed by atoms with van der Waals surface area (Å²) >= 11 is 0. The fourth-order valence-electron chi connectivity index (χ4n) is 3.63. The summed E-state index contributed by atoms with van der Waals surface area (Å²) in [6.45, 7) is 3.98. The third-order valence-corrected chi connectivity index (χ3v) is 5.26. The summed E-state index contributed by atoms with van der Waals surface area (Å²) in [5.74, 6) is -0.689. The van der Waals surface area contributed by atoms with Crippen molar-refractivity contribution in [3.63, 3.8) is 0 Å². The second kappa shape index (κ2) is 6.79. The zero-order valence-electron chi connectivity index (χ0n) is 15.0. The number of benzene rings is 1. The van der Waals surface area contributed by atoms with Crippen LogP contribution in [0.15, 0.2) is 24.3 Å². The van der Waals surface area contributed by atoms with Gasteiger partial charge >= 0.3 is 6.03 Å². The second-order valence-corrected chi connectivity index (χ2v) is 7.07. The lowest BCUT2D eigenvalue weighted by Gasteiger charge is -2.34. The number of imide groups is 1. The zero-order chi connectivity index (χ0) is 18.9. The molecular weight excluding hydrogens is 332 g/mol. The minimum absolute atomic E-state index is 0.121. The Hall–Kier alpha value is -2.88. The quantitative estimate of drug-likeness (QED) is 0.837. The molecule has 3 rings (SSSR count). The van der Waals surface area contributed by atoms with E-state index < -0.39 is 17.5 Å². The van der Waals surface area contributed by atoms with Gasteiger partial charge in [0.25, 0.3) is 5.91 Å². The molecule has 2 aliphatic heterocycles. The van der Waals surface area contributed by atoms with Crippen LogP contribution >= 0.6 is 0 Å². The minimum atomic E-state index is -1.28. The minimum Gasteiger partial charge on any atom is -0.338 e. The maximum atomic E-state index is 12.9. The maximum Gasteiger partial charge on any atom is 0.325 e. The second-order valence-electron chi connectivity index (χ2n) is 7.07. The molecule has 7 nitrogen and oxygen atoms in total. The van der Waals surface area contributed by atoms with Crippen LogP contribution in [0.25, 0.3) is 0 Å². The molecule has 1 aromatic rings. The smallest absolute Gasteiger partial charge is 0.325 e. The Kier molecular flexibility index (Phi) is 4.68. The van der Waals surface area contributed by atoms with Crippen molar-refractivity contribution in [2.24, 2.45) is 0 Å². The first kappa shape index (κ1) is 17.9. The zero-order valence-corrected chi connectivity index (χ0v) is 15.0. The summed E-state index contributed by atoms with van der Waals surface area (Å²) in [4.78, 5) is 40.6. The molecule has 4 amide bonds. The number of nitrogens with one attached hydrogen (secondary N) is 1. The lowest BCUT2D eigenvalue weighted by Crippen LogP contribution is -2.48. The van der Waals surface area contributed by atoms with E-state index in [0.717, 1.165) is 24.2 Å². The molecule has 26 heavy (non-hydrogen) atoms. The Bertz CT molecular complexity index is 800. The number of carbonyl (C=O) groups is 3. The van der Waals surface area contributed by atoms with Crippen LogP contribution in [0.4, 0.5) is 4.79 Å². The van der Waals surface area contributed by atoms with E-state index in [4.69, 9.17) is 5.26 Å². The molecule has 2 saturated heterocycles. The Morgan fingerprint density at radius 3 is 2.85 bits per heavy atom. The van der Waals surface area contributed by atoms with Gasteiger partial charge in [0.1, 0.15) is 12.1 Å². The maximum absolute atomic E-state index is 12.9. The molecule has 0 aliphatic carbocycles. The van der Waals surface area contributed by atoms with Gasteiger partial charge in [0.15, 0.2) is 0 Å². The van der Waals surface area contributed by atoms with Crippen molar-refractivity contribution in [3.8, 4) is 6.07 Å². The number of hydrogen-bond donors (Lipinski definition) is 1. The number of carbonyl (C=O) groups excluding carboxylic acids is 3. The van der Waals surface area contributed by atoms with Gasteiger partial charge in [0.05, 0.1) is 11.6 Å². The monoisotopic (exact) mass is 354 g/mol. The highest BCUT2D eigenvalue weighted by molar-refractivity contribution is 6.09. The van der Waals surface area contributed by atoms with E-state index in [9.17, 15) is 14.4 Å². The number of nitrogens with zero attached hydrogens (tertiary/aromatic N) is 3. The number of nitriles is 1. The summed E-state index contributed by atoms with van der Waals surface area (Å²) < 4.78 is 0. The third kappa shape index (κ3) is 3.03. The van der Waals surface area contributed by atoms with E-state index in [1.807, 2.05) is 13.0 Å². The topological polar surface area (TPSA) is 93.5 Å². The normalized spacial score (nSPS) is 25.8. The van der Waals surface area contributed by atoms with Gasteiger partial charge in [0, 0.05) is 12.6 Å². The van der Waals surface area contributed by atoms with Gasteiger partial charge in [-0.15, -0.1) is 0 Å². The van der Waals surface area contributed by atoms with Crippen LogP contribution in [0.2, 0.25) is 0 Å². The molecule has 136 valence electrons. The van der Waals surface area contributed by atoms with Crippen molar-refractivity contribution in [3.05, 3.63) is 35.4 Å². The summed E-state index contributed by atoms with van der Waals surface area (Å²) in [6.07, 6.45) is 2.96. The average Bonchev–Trinajstić information content (AvgIpc) is 2.86. The molecule has 0 spiro atoms. The Labute approximate surface area is 152 Å². The number of rotatable bonds is 3. The predicted molar refractivity (Wildman–Crippen MR) is 93.8 cm³/mol. The predicted octanol–water partition coefficient (Wildman–Crippen LogP) is 1.73. The molecule has 1 aromatic carbocycles. The number of hydrogen-bond acceptors (Lipinski definition) is 4. The van der Waals surface area contributed by atoms with Gasteiger partial charge < -0.3 is 10.2 Å². The van der Waals surface area contributed by atoms with E-state index >= 15 is 0 Å². The number of amides is 4. The molecule has 0 radical (unpaired) electrons. The van der Waals surface area contributed by atoms with Crippen molar-refractivity contribution in [1.82, 2.24) is 15.1 Å². The van der Waals surface area contributed by atoms with Crippen LogP contribution in [0.3, 0.4) is 0 Å². The summed E-state index contributed by atoms with van der Waals surface area (Å²) in [5, 5.41) is 11.7. The summed E-state index contributed by atoms with van der Waals surface area (Å²) in [7, 11) is 0. The van der Waals surface area contributed by atoms with Crippen molar-refractivity contribution in [1.29, 1.82) is 5.26 Å². The molecule has 1 N–H and O–H groups in total. The summed E-state index contributed by atoms with van der Waals surface area (Å²) in [5.41, 5.74) is -0.351. The van der Waals surface area contributed by atoms with E-state index in [1.165, 1.54) is 0 Å². The fourth-order valence-corrected chi connectivity index (χ4v) is 3.63. The van der Waals surface area contributed by atoms with Gasteiger partial charge in [-0.3, -0.25) is 14.5 Å². The van der Waals surface area contributed by atoms with E-state index in [-0.39, 0.29) is 18.5 Å². The van der Waals surface area contributed by atoms with Crippen LogP contribution in [0.1, 0.15) is 44.2 Å². The first-order valence-corrected chi connectivity index (χ1v) is 8.81. The van der Waals surface area contributed by atoms with E-state index in [2.05, 4.69) is 5.32 Å². The van der Waals surface area contributed by atoms with Gasteiger partial charge in [0.2, 0.25) is 5.91 Å². The van der Waals surface area contributed by atoms with Crippen LogP contribution in [0, 0.1) is 11.3 Å². The van der Waals surface area contributed by atoms with Crippen molar-refractivity contribution in [2.75, 3.05) is 13.1 Å². The van der Waals surface area contributed by atoms with Crippen molar-refractivity contribution >= 4 is 17.8 Å². The Balaban J connectivity index is 1.80. The lowest BCUT2D eigenvalue weighted by atomic mass is 9.91. The first-order valence-electron chi connectivity index (χ1n) is 8.81. The summed E-state index contributed by atoms with van der Waals surface area (Å²) in [6, 6.07) is 8.13. The molecule has 2 atom stereocenters. The van der Waals surface area contributed by atoms with E-state index in [1.54, 1.807) is 36.1 Å². The molecule has 0 aromatic heterocycles. The van der Waals surface area contributed by atoms with Crippen LogP contribution in [0.5, 0.6) is 0 Å². The van der Waals surface area contributed by atoms with Gasteiger partial charge in [-0.2, -0.15) is 5.26 Å². The van der Waals surface area contributed by atoms with Gasteiger partial charge in [-0.1, -0.05) is 12.1 Å². The highest BCUT2D eigenvalue weighted by Gasteiger charge is 2.50. The highest BCUT2D eigenvalue weighted by Crippen LogP contribution is 2.29. The molecule has 2 aliphatic rings. The van der Waals surface area contributed by atoms with E-state index in [0.29, 0.717) is 17.7 Å². The highest BCUT2D eigenvalue weighted by atomic mass is 16.2. The number of likely N-dealkylation sites (tertiary alicyclic amines) is 1. The molecule has 0 unspecified atom stereocenters. The molecule has 2 fully saturated rings. The first-order chi connectivity index (χ1) is 12.4. The fraction of sp³-hybridized carbons (Fsp3) is 0.474. The SMILES string of the molecule is C[C@H]1CCCCN1C(=O)CN1C(=O)N[C@](C)(c2cccc(C#N)c2)C1=O. The lowest BCUT2D eigenvalue weighted by molar-refractivity contribution is -0.140. The molecule has 0 saturated carbocycles. The van der Waals surface area contributed by atoms with Crippen molar-refractivity contribution < 1.29 is 14.4 Å². The van der Waals surface area contributed by atoms with Crippen LogP contribution in [-0.2, 0) is 15.1 Å². The van der Waals surface area contributed by atoms with Crippen LogP contribution in [-0.4, -0.2) is 46.8 Å². The molecule has 7 heteroatoms. The number of piperidine rings is 1. The van der Waals surface area contributed by atoms with Crippen molar-refractivity contribution in [2.45, 2.75) is 44.7 Å².